The topological polar surface area (TPSA) is 73.7 Å². The van der Waals surface area contributed by atoms with Gasteiger partial charge >= 0.3 is 5.97 Å². The summed E-state index contributed by atoms with van der Waals surface area (Å²) < 4.78 is 15.8. The maximum atomic E-state index is 15.0. The van der Waals surface area contributed by atoms with Gasteiger partial charge in [0.2, 0.25) is 0 Å². The molecule has 2 saturated heterocycles. The van der Waals surface area contributed by atoms with Crippen LogP contribution in [0.3, 0.4) is 0 Å². The maximum absolute atomic E-state index is 15.0. The SMILES string of the molecule is CC(C)C1SCCN1C(=O)c1ccc2nc(-c3ccc(CN4CC(C(=O)O)C4)cc3F)sc2c1. The van der Waals surface area contributed by atoms with Crippen molar-refractivity contribution in [2.45, 2.75) is 25.8 Å². The average molecular weight is 500 g/mol. The predicted molar refractivity (Wildman–Crippen MR) is 134 cm³/mol. The Morgan fingerprint density at radius 3 is 2.71 bits per heavy atom. The lowest BCUT2D eigenvalue weighted by molar-refractivity contribution is -0.147. The van der Waals surface area contributed by atoms with E-state index < -0.39 is 5.97 Å². The lowest BCUT2D eigenvalue weighted by atomic mass is 9.99. The molecule has 2 aromatic carbocycles. The molecule has 2 aliphatic rings. The Balaban J connectivity index is 1.33. The number of nitrogens with zero attached hydrogens (tertiary/aromatic N) is 3. The Bertz CT molecular complexity index is 1260. The minimum absolute atomic E-state index is 0.0345. The summed E-state index contributed by atoms with van der Waals surface area (Å²) in [6, 6.07) is 10.6. The first-order chi connectivity index (χ1) is 16.3. The first-order valence-electron chi connectivity index (χ1n) is 11.4. The van der Waals surface area contributed by atoms with Crippen molar-refractivity contribution in [3.8, 4) is 10.6 Å². The number of benzene rings is 2. The molecule has 3 aromatic rings. The van der Waals surface area contributed by atoms with E-state index in [1.165, 1.54) is 17.4 Å². The number of carbonyl (C=O) groups is 2. The van der Waals surface area contributed by atoms with Gasteiger partial charge in [0.25, 0.3) is 5.91 Å². The zero-order chi connectivity index (χ0) is 24.0. The molecule has 1 amide bonds. The van der Waals surface area contributed by atoms with Gasteiger partial charge in [0.15, 0.2) is 0 Å². The lowest BCUT2D eigenvalue weighted by Gasteiger charge is -2.36. The highest BCUT2D eigenvalue weighted by Crippen LogP contribution is 2.35. The normalized spacial score (nSPS) is 19.2. The second kappa shape index (κ2) is 9.28. The van der Waals surface area contributed by atoms with E-state index in [1.807, 2.05) is 45.8 Å². The number of carbonyl (C=O) groups excluding carboxylic acids is 1. The molecule has 0 bridgehead atoms. The summed E-state index contributed by atoms with van der Waals surface area (Å²) in [4.78, 5) is 32.7. The zero-order valence-electron chi connectivity index (χ0n) is 19.0. The van der Waals surface area contributed by atoms with Crippen molar-refractivity contribution in [1.29, 1.82) is 0 Å². The van der Waals surface area contributed by atoms with Gasteiger partial charge < -0.3 is 10.0 Å². The fourth-order valence-corrected chi connectivity index (χ4v) is 6.88. The van der Waals surface area contributed by atoms with E-state index >= 15 is 0 Å². The molecule has 9 heteroatoms. The molecule has 6 nitrogen and oxygen atoms in total. The van der Waals surface area contributed by atoms with Crippen molar-refractivity contribution in [2.24, 2.45) is 11.8 Å². The molecule has 0 spiro atoms. The molecule has 178 valence electrons. The largest absolute Gasteiger partial charge is 0.481 e. The van der Waals surface area contributed by atoms with Gasteiger partial charge in [-0.05, 0) is 41.8 Å². The Kier molecular flexibility index (Phi) is 6.35. The van der Waals surface area contributed by atoms with E-state index in [-0.39, 0.29) is 23.0 Å². The van der Waals surface area contributed by atoms with Crippen LogP contribution in [-0.4, -0.2) is 62.5 Å². The molecule has 0 aliphatic carbocycles. The van der Waals surface area contributed by atoms with Gasteiger partial charge in [0, 0.05) is 43.1 Å². The third-order valence-electron chi connectivity index (χ3n) is 6.37. The molecule has 1 atom stereocenters. The number of aliphatic carboxylic acids is 1. The number of rotatable bonds is 6. The van der Waals surface area contributed by atoms with Crippen molar-refractivity contribution < 1.29 is 19.1 Å². The molecule has 0 saturated carbocycles. The number of hydrogen-bond donors (Lipinski definition) is 1. The van der Waals surface area contributed by atoms with Crippen molar-refractivity contribution in [2.75, 3.05) is 25.4 Å². The van der Waals surface area contributed by atoms with Gasteiger partial charge in [-0.15, -0.1) is 23.1 Å². The van der Waals surface area contributed by atoms with Crippen LogP contribution in [0, 0.1) is 17.7 Å². The molecule has 34 heavy (non-hydrogen) atoms. The van der Waals surface area contributed by atoms with Crippen molar-refractivity contribution in [1.82, 2.24) is 14.8 Å². The summed E-state index contributed by atoms with van der Waals surface area (Å²) in [6.07, 6.45) is 0. The van der Waals surface area contributed by atoms with Crippen LogP contribution >= 0.6 is 23.1 Å². The highest BCUT2D eigenvalue weighted by molar-refractivity contribution is 8.00. The van der Waals surface area contributed by atoms with Crippen molar-refractivity contribution in [3.05, 3.63) is 53.3 Å². The second-order valence-corrected chi connectivity index (χ2v) is 11.5. The van der Waals surface area contributed by atoms with E-state index in [0.29, 0.717) is 41.7 Å². The Morgan fingerprint density at radius 1 is 1.21 bits per heavy atom. The molecule has 1 unspecified atom stereocenters. The Morgan fingerprint density at radius 2 is 2.00 bits per heavy atom. The van der Waals surface area contributed by atoms with Crippen LogP contribution in [0.25, 0.3) is 20.8 Å². The van der Waals surface area contributed by atoms with Crippen LogP contribution in [-0.2, 0) is 11.3 Å². The molecule has 1 aromatic heterocycles. The van der Waals surface area contributed by atoms with E-state index in [4.69, 9.17) is 5.11 Å². The van der Waals surface area contributed by atoms with Crippen molar-refractivity contribution in [3.63, 3.8) is 0 Å². The molecular formula is C25H26FN3O3S2. The minimum Gasteiger partial charge on any atom is -0.481 e. The number of thioether (sulfide) groups is 1. The third-order valence-corrected chi connectivity index (χ3v) is 8.98. The molecule has 1 N–H and O–H groups in total. The fourth-order valence-electron chi connectivity index (χ4n) is 4.54. The number of aromatic nitrogens is 1. The standard InChI is InChI=1S/C25H26FN3O3S2/c1-14(2)24-29(7-8-33-24)23(30)16-4-6-20-21(10-16)34-22(27-20)18-5-3-15(9-19(18)26)11-28-12-17(13-28)25(31)32/h3-6,9-10,14,17,24H,7-8,11-13H2,1-2H3,(H,31,32). The van der Waals surface area contributed by atoms with Crippen LogP contribution < -0.4 is 0 Å². The molecule has 5 rings (SSSR count). The second-order valence-electron chi connectivity index (χ2n) is 9.25. The summed E-state index contributed by atoms with van der Waals surface area (Å²) in [5, 5.41) is 9.78. The summed E-state index contributed by atoms with van der Waals surface area (Å²) in [5.74, 6) is -0.0824. The van der Waals surface area contributed by atoms with E-state index in [2.05, 4.69) is 18.8 Å². The molecule has 2 aliphatic heterocycles. The van der Waals surface area contributed by atoms with E-state index in [0.717, 1.165) is 28.1 Å². The van der Waals surface area contributed by atoms with Crippen LogP contribution in [0.15, 0.2) is 36.4 Å². The van der Waals surface area contributed by atoms with Crippen LogP contribution in [0.5, 0.6) is 0 Å². The molecule has 0 radical (unpaired) electrons. The smallest absolute Gasteiger partial charge is 0.309 e. The molecule has 2 fully saturated rings. The monoisotopic (exact) mass is 499 g/mol. The molecular weight excluding hydrogens is 473 g/mol. The number of hydrogen-bond acceptors (Lipinski definition) is 6. The number of likely N-dealkylation sites (tertiary alicyclic amines) is 1. The van der Waals surface area contributed by atoms with Crippen LogP contribution in [0.2, 0.25) is 0 Å². The van der Waals surface area contributed by atoms with Gasteiger partial charge in [-0.2, -0.15) is 0 Å². The van der Waals surface area contributed by atoms with Gasteiger partial charge in [0.1, 0.15) is 10.8 Å². The van der Waals surface area contributed by atoms with Crippen LogP contribution in [0.1, 0.15) is 29.8 Å². The lowest BCUT2D eigenvalue weighted by Crippen LogP contribution is -2.49. The van der Waals surface area contributed by atoms with E-state index in [9.17, 15) is 14.0 Å². The first kappa shape index (κ1) is 23.3. The summed E-state index contributed by atoms with van der Waals surface area (Å²) in [6.45, 7) is 6.54. The number of fused-ring (bicyclic) bond motifs is 1. The first-order valence-corrected chi connectivity index (χ1v) is 13.2. The fraction of sp³-hybridized carbons (Fsp3) is 0.400. The van der Waals surface area contributed by atoms with E-state index in [1.54, 1.807) is 6.07 Å². The van der Waals surface area contributed by atoms with Gasteiger partial charge in [-0.25, -0.2) is 9.37 Å². The number of halogens is 1. The van der Waals surface area contributed by atoms with Gasteiger partial charge in [0.05, 0.1) is 21.5 Å². The molecule has 3 heterocycles. The van der Waals surface area contributed by atoms with Gasteiger partial charge in [-0.1, -0.05) is 19.9 Å². The maximum Gasteiger partial charge on any atom is 0.309 e. The summed E-state index contributed by atoms with van der Waals surface area (Å²) in [7, 11) is 0. The highest BCUT2D eigenvalue weighted by atomic mass is 32.2. The van der Waals surface area contributed by atoms with Crippen molar-refractivity contribution >= 4 is 45.2 Å². The summed E-state index contributed by atoms with van der Waals surface area (Å²) in [5.41, 5.74) is 2.63. The Hall–Kier alpha value is -2.49. The summed E-state index contributed by atoms with van der Waals surface area (Å²) >= 11 is 3.21. The minimum atomic E-state index is -0.780. The quantitative estimate of drug-likeness (QED) is 0.526. The zero-order valence-corrected chi connectivity index (χ0v) is 20.7. The average Bonchev–Trinajstić information content (AvgIpc) is 3.42. The predicted octanol–water partition coefficient (Wildman–Crippen LogP) is 4.79. The third kappa shape index (κ3) is 4.44. The number of carboxylic acids is 1. The number of amides is 1. The Labute approximate surface area is 205 Å². The van der Waals surface area contributed by atoms with Crippen LogP contribution in [0.4, 0.5) is 4.39 Å². The highest BCUT2D eigenvalue weighted by Gasteiger charge is 2.33. The van der Waals surface area contributed by atoms with Gasteiger partial charge in [-0.3, -0.25) is 14.5 Å². The number of carboxylic acid groups (broad SMARTS) is 1. The number of thiazole rings is 1.